The van der Waals surface area contributed by atoms with Gasteiger partial charge in [0.15, 0.2) is 0 Å². The standard InChI is InChI=1S/C13H24N4O3S2/c1-20-11(14)17(13(19)16-22-9-8-21-2)12(18)15-10-6-4-3-5-7-10/h10,14H,3-9H2,1-2H3,(H,15,18)(H,16,19). The Morgan fingerprint density at radius 2 is 1.91 bits per heavy atom. The van der Waals surface area contributed by atoms with Gasteiger partial charge >= 0.3 is 18.1 Å². The molecule has 0 radical (unpaired) electrons. The number of carbonyl (C=O) groups is 2. The van der Waals surface area contributed by atoms with Crippen molar-refractivity contribution in [3.05, 3.63) is 0 Å². The summed E-state index contributed by atoms with van der Waals surface area (Å²) in [5, 5.41) is 10.5. The fourth-order valence-electron chi connectivity index (χ4n) is 2.14. The molecular weight excluding hydrogens is 324 g/mol. The van der Waals surface area contributed by atoms with E-state index in [1.165, 1.54) is 25.5 Å². The number of amidine groups is 1. The number of hydrogen-bond acceptors (Lipinski definition) is 6. The van der Waals surface area contributed by atoms with E-state index in [0.29, 0.717) is 4.90 Å². The van der Waals surface area contributed by atoms with Gasteiger partial charge in [0.1, 0.15) is 0 Å². The molecule has 0 heterocycles. The molecule has 4 amide bonds. The van der Waals surface area contributed by atoms with E-state index < -0.39 is 18.1 Å². The second kappa shape index (κ2) is 10.6. The van der Waals surface area contributed by atoms with Gasteiger partial charge in [-0.25, -0.2) is 9.59 Å². The minimum atomic E-state index is -0.661. The number of amides is 4. The third-order valence-corrected chi connectivity index (χ3v) is 4.88. The Labute approximate surface area is 139 Å². The molecule has 22 heavy (non-hydrogen) atoms. The van der Waals surface area contributed by atoms with Gasteiger partial charge in [-0.1, -0.05) is 19.3 Å². The van der Waals surface area contributed by atoms with Gasteiger partial charge in [-0.2, -0.15) is 16.7 Å². The van der Waals surface area contributed by atoms with E-state index in [9.17, 15) is 9.59 Å². The topological polar surface area (TPSA) is 94.5 Å². The van der Waals surface area contributed by atoms with Crippen molar-refractivity contribution in [2.24, 2.45) is 0 Å². The molecule has 0 saturated heterocycles. The lowest BCUT2D eigenvalue weighted by molar-refractivity contribution is 0.193. The fourth-order valence-corrected chi connectivity index (χ4v) is 3.45. The average molecular weight is 348 g/mol. The van der Waals surface area contributed by atoms with Crippen LogP contribution < -0.4 is 10.0 Å². The molecule has 0 aliphatic heterocycles. The number of hydrogen-bond donors (Lipinski definition) is 3. The van der Waals surface area contributed by atoms with Gasteiger partial charge in [0.25, 0.3) is 0 Å². The molecule has 1 fully saturated rings. The van der Waals surface area contributed by atoms with Crippen LogP contribution in [0.4, 0.5) is 9.59 Å². The van der Waals surface area contributed by atoms with Crippen LogP contribution in [-0.2, 0) is 4.74 Å². The number of methoxy groups -OCH3 is 1. The van der Waals surface area contributed by atoms with E-state index in [1.54, 1.807) is 11.8 Å². The first-order valence-electron chi connectivity index (χ1n) is 7.24. The maximum Gasteiger partial charge on any atom is 0.343 e. The first-order chi connectivity index (χ1) is 10.6. The summed E-state index contributed by atoms with van der Waals surface area (Å²) >= 11 is 2.88. The van der Waals surface area contributed by atoms with E-state index in [2.05, 4.69) is 10.0 Å². The van der Waals surface area contributed by atoms with Crippen LogP contribution in [0, 0.1) is 5.41 Å². The molecule has 0 bridgehead atoms. The van der Waals surface area contributed by atoms with Crippen LogP contribution in [0.1, 0.15) is 32.1 Å². The maximum absolute atomic E-state index is 12.3. The molecule has 0 aromatic heterocycles. The molecule has 7 nitrogen and oxygen atoms in total. The van der Waals surface area contributed by atoms with Gasteiger partial charge in [-0.05, 0) is 31.0 Å². The Hall–Kier alpha value is -1.09. The number of nitrogens with zero attached hydrogens (tertiary/aromatic N) is 1. The summed E-state index contributed by atoms with van der Waals surface area (Å²) in [4.78, 5) is 25.1. The first-order valence-corrected chi connectivity index (χ1v) is 9.62. The van der Waals surface area contributed by atoms with E-state index in [4.69, 9.17) is 10.1 Å². The van der Waals surface area contributed by atoms with Crippen molar-refractivity contribution in [2.45, 2.75) is 38.1 Å². The Morgan fingerprint density at radius 3 is 2.50 bits per heavy atom. The third kappa shape index (κ3) is 6.35. The van der Waals surface area contributed by atoms with Crippen molar-refractivity contribution in [3.8, 4) is 0 Å². The number of rotatable bonds is 5. The highest BCUT2D eigenvalue weighted by atomic mass is 32.2. The Bertz CT molecular complexity index is 389. The Kier molecular flexibility index (Phi) is 9.14. The maximum atomic E-state index is 12.3. The predicted octanol–water partition coefficient (Wildman–Crippen LogP) is 2.63. The number of imide groups is 1. The lowest BCUT2D eigenvalue weighted by Gasteiger charge is -2.26. The van der Waals surface area contributed by atoms with Gasteiger partial charge in [-0.15, -0.1) is 0 Å². The summed E-state index contributed by atoms with van der Waals surface area (Å²) in [6.45, 7) is 0. The number of ether oxygens (including phenoxy) is 1. The smallest absolute Gasteiger partial charge is 0.343 e. The fraction of sp³-hybridized carbons (Fsp3) is 0.769. The van der Waals surface area contributed by atoms with Crippen LogP contribution in [0.25, 0.3) is 0 Å². The molecule has 0 atom stereocenters. The molecule has 126 valence electrons. The highest BCUT2D eigenvalue weighted by Gasteiger charge is 2.29. The monoisotopic (exact) mass is 348 g/mol. The number of urea groups is 2. The first kappa shape index (κ1) is 19.0. The summed E-state index contributed by atoms with van der Waals surface area (Å²) in [6, 6.07) is -1.70. The minimum absolute atomic E-state index is 0.0605. The normalized spacial score (nSPS) is 15.0. The molecule has 1 saturated carbocycles. The zero-order chi connectivity index (χ0) is 16.4. The predicted molar refractivity (Wildman–Crippen MR) is 91.4 cm³/mol. The van der Waals surface area contributed by atoms with Crippen LogP contribution in [0.3, 0.4) is 0 Å². The third-order valence-electron chi connectivity index (χ3n) is 3.28. The summed E-state index contributed by atoms with van der Waals surface area (Å²) in [5.41, 5.74) is 0. The van der Waals surface area contributed by atoms with E-state index in [-0.39, 0.29) is 6.04 Å². The molecule has 0 unspecified atom stereocenters. The van der Waals surface area contributed by atoms with E-state index in [0.717, 1.165) is 37.2 Å². The minimum Gasteiger partial charge on any atom is -0.468 e. The van der Waals surface area contributed by atoms with Crippen LogP contribution in [0.15, 0.2) is 0 Å². The average Bonchev–Trinajstić information content (AvgIpc) is 2.52. The largest absolute Gasteiger partial charge is 0.468 e. The summed E-state index contributed by atoms with van der Waals surface area (Å²) < 4.78 is 7.31. The van der Waals surface area contributed by atoms with Crippen molar-refractivity contribution < 1.29 is 14.3 Å². The van der Waals surface area contributed by atoms with E-state index in [1.807, 2.05) is 6.26 Å². The number of thioether (sulfide) groups is 1. The second-order valence-electron chi connectivity index (χ2n) is 4.88. The number of carbonyl (C=O) groups excluding carboxylic acids is 2. The van der Waals surface area contributed by atoms with Crippen LogP contribution in [0.2, 0.25) is 0 Å². The Morgan fingerprint density at radius 1 is 1.23 bits per heavy atom. The van der Waals surface area contributed by atoms with Gasteiger partial charge in [0.05, 0.1) is 7.11 Å². The lowest BCUT2D eigenvalue weighted by atomic mass is 9.96. The summed E-state index contributed by atoms with van der Waals surface area (Å²) in [6.07, 6.45) is 7.12. The molecule has 3 N–H and O–H groups in total. The number of nitrogens with one attached hydrogen (secondary N) is 3. The molecule has 1 aliphatic rings. The molecule has 1 rings (SSSR count). The van der Waals surface area contributed by atoms with Crippen molar-refractivity contribution in [3.63, 3.8) is 0 Å². The SMILES string of the molecule is COC(=N)N(C(=O)NSCCSC)C(=O)NC1CCCCC1. The van der Waals surface area contributed by atoms with Crippen molar-refractivity contribution in [1.82, 2.24) is 14.9 Å². The van der Waals surface area contributed by atoms with E-state index >= 15 is 0 Å². The van der Waals surface area contributed by atoms with Gasteiger partial charge in [0, 0.05) is 17.5 Å². The summed E-state index contributed by atoms with van der Waals surface area (Å²) in [5.74, 6) is 1.62. The Balaban J connectivity index is 2.56. The molecule has 1 aliphatic carbocycles. The van der Waals surface area contributed by atoms with Gasteiger partial charge < -0.3 is 10.1 Å². The summed E-state index contributed by atoms with van der Waals surface area (Å²) in [7, 11) is 1.26. The lowest BCUT2D eigenvalue weighted by Crippen LogP contribution is -2.53. The van der Waals surface area contributed by atoms with Gasteiger partial charge in [0.2, 0.25) is 0 Å². The zero-order valence-electron chi connectivity index (χ0n) is 13.0. The van der Waals surface area contributed by atoms with Crippen LogP contribution >= 0.6 is 23.7 Å². The molecule has 0 aromatic carbocycles. The van der Waals surface area contributed by atoms with Crippen molar-refractivity contribution >= 4 is 41.8 Å². The van der Waals surface area contributed by atoms with Crippen LogP contribution in [0.5, 0.6) is 0 Å². The van der Waals surface area contributed by atoms with Gasteiger partial charge in [-0.3, -0.25) is 10.1 Å². The molecule has 0 aromatic rings. The quantitative estimate of drug-likeness (QED) is 0.307. The van der Waals surface area contributed by atoms with Crippen molar-refractivity contribution in [2.75, 3.05) is 24.9 Å². The zero-order valence-corrected chi connectivity index (χ0v) is 14.6. The molecule has 0 spiro atoms. The van der Waals surface area contributed by atoms with Crippen LogP contribution in [-0.4, -0.2) is 53.9 Å². The highest BCUT2D eigenvalue weighted by molar-refractivity contribution is 8.01. The van der Waals surface area contributed by atoms with Crippen molar-refractivity contribution in [1.29, 1.82) is 5.41 Å². The molecule has 9 heteroatoms. The second-order valence-corrected chi connectivity index (χ2v) is 6.76. The highest BCUT2D eigenvalue weighted by Crippen LogP contribution is 2.17. The molecular formula is C13H24N4O3S2.